The van der Waals surface area contributed by atoms with E-state index in [4.69, 9.17) is 9.88 Å². The Labute approximate surface area is 230 Å². The monoisotopic (exact) mass is 552 g/mol. The van der Waals surface area contributed by atoms with Gasteiger partial charge in [0.05, 0.1) is 18.1 Å². The summed E-state index contributed by atoms with van der Waals surface area (Å²) in [6.07, 6.45) is 2.86. The second-order valence-electron chi connectivity index (χ2n) is 9.91. The summed E-state index contributed by atoms with van der Waals surface area (Å²) < 4.78 is 42.0. The maximum atomic E-state index is 13.0. The lowest BCUT2D eigenvalue weighted by Gasteiger charge is -2.12. The Hall–Kier alpha value is -3.24. The third-order valence-electron chi connectivity index (χ3n) is 6.83. The van der Waals surface area contributed by atoms with Crippen LogP contribution >= 0.6 is 0 Å². The Morgan fingerprint density at radius 1 is 1.03 bits per heavy atom. The lowest BCUT2D eigenvalue weighted by Crippen LogP contribution is -2.18. The summed E-state index contributed by atoms with van der Waals surface area (Å²) in [6, 6.07) is 20.0. The molecule has 3 aromatic rings. The number of halogens is 1. The Balaban J connectivity index is 1.09. The summed E-state index contributed by atoms with van der Waals surface area (Å²) in [6.45, 7) is 8.08. The highest BCUT2D eigenvalue weighted by molar-refractivity contribution is 7.89. The quantitative estimate of drug-likeness (QED) is 0.208. The molecule has 4 rings (SSSR count). The lowest BCUT2D eigenvalue weighted by atomic mass is 9.98. The first-order valence-corrected chi connectivity index (χ1v) is 14.8. The molecule has 208 valence electrons. The van der Waals surface area contributed by atoms with Crippen LogP contribution in [0.5, 0.6) is 0 Å². The minimum Gasteiger partial charge on any atom is -0.387 e. The highest BCUT2D eigenvalue weighted by atomic mass is 32.2. The van der Waals surface area contributed by atoms with Gasteiger partial charge in [0.15, 0.2) is 0 Å². The van der Waals surface area contributed by atoms with Crippen molar-refractivity contribution < 1.29 is 17.5 Å². The molecule has 1 aliphatic heterocycles. The number of primary sulfonamides is 1. The zero-order chi connectivity index (χ0) is 27.7. The Bertz CT molecular complexity index is 1350. The molecule has 0 saturated heterocycles. The summed E-state index contributed by atoms with van der Waals surface area (Å²) in [5.74, 6) is 0.00389. The molecule has 7 nitrogen and oxygen atoms in total. The molecular formula is C30H37FN4O3S. The highest BCUT2D eigenvalue weighted by Gasteiger charge is 2.23. The number of aryl methyl sites for hydroxylation is 1. The summed E-state index contributed by atoms with van der Waals surface area (Å²) >= 11 is 0. The van der Waals surface area contributed by atoms with Crippen LogP contribution < -0.4 is 21.1 Å². The Morgan fingerprint density at radius 2 is 1.74 bits per heavy atom. The molecule has 0 bridgehead atoms. The van der Waals surface area contributed by atoms with Gasteiger partial charge in [-0.25, -0.2) is 17.9 Å². The molecule has 0 radical (unpaired) electrons. The van der Waals surface area contributed by atoms with Gasteiger partial charge in [0.2, 0.25) is 10.0 Å². The van der Waals surface area contributed by atoms with Crippen LogP contribution in [-0.4, -0.2) is 34.7 Å². The lowest BCUT2D eigenvalue weighted by molar-refractivity contribution is 0.139. The maximum Gasteiger partial charge on any atom is 0.238 e. The summed E-state index contributed by atoms with van der Waals surface area (Å²) in [7, 11) is -3.70. The van der Waals surface area contributed by atoms with Crippen molar-refractivity contribution in [2.45, 2.75) is 43.2 Å². The number of hydrogen-bond donors (Lipinski definition) is 4. The van der Waals surface area contributed by atoms with Crippen LogP contribution in [-0.2, 0) is 34.3 Å². The van der Waals surface area contributed by atoms with E-state index in [1.165, 1.54) is 23.3 Å². The van der Waals surface area contributed by atoms with Gasteiger partial charge < -0.3 is 20.7 Å². The number of nitrogens with two attached hydrogens (primary N) is 1. The smallest absolute Gasteiger partial charge is 0.238 e. The summed E-state index contributed by atoms with van der Waals surface area (Å²) in [5, 5.41) is 15.4. The van der Waals surface area contributed by atoms with Crippen molar-refractivity contribution >= 4 is 15.7 Å². The standard InChI is InChI=1S/C30H37FN4O3S/c1-22(20-38-21-25-8-10-27(31)11-9-25)34-15-2-3-23-4-6-24(7-5-23)18-33-16-14-26-19-35-30-13-12-28(17-29(26)30)39(32,36)37/h4-13,17,26,33-35H,1-3,14-16,18-21H2,(H2,32,36,37). The van der Waals surface area contributed by atoms with E-state index in [2.05, 4.69) is 46.8 Å². The molecule has 0 spiro atoms. The molecule has 0 saturated carbocycles. The fourth-order valence-corrected chi connectivity index (χ4v) is 5.18. The minimum absolute atomic E-state index is 0.163. The zero-order valence-corrected chi connectivity index (χ0v) is 22.9. The molecule has 39 heavy (non-hydrogen) atoms. The van der Waals surface area contributed by atoms with Crippen LogP contribution in [0.3, 0.4) is 0 Å². The molecule has 0 aromatic heterocycles. The number of hydrogen-bond acceptors (Lipinski definition) is 6. The SMILES string of the molecule is C=C(COCc1ccc(F)cc1)NCCCc1ccc(CNCCC2CNc3ccc(S(N)(=O)=O)cc32)cc1. The average Bonchev–Trinajstić information content (AvgIpc) is 3.33. The molecule has 0 aliphatic carbocycles. The molecule has 9 heteroatoms. The van der Waals surface area contributed by atoms with Gasteiger partial charge in [-0.15, -0.1) is 0 Å². The van der Waals surface area contributed by atoms with Gasteiger partial charge in [-0.3, -0.25) is 0 Å². The number of rotatable bonds is 15. The highest BCUT2D eigenvalue weighted by Crippen LogP contribution is 2.34. The first-order valence-electron chi connectivity index (χ1n) is 13.2. The molecule has 3 aromatic carbocycles. The van der Waals surface area contributed by atoms with Gasteiger partial charge in [-0.1, -0.05) is 43.0 Å². The van der Waals surface area contributed by atoms with E-state index < -0.39 is 10.0 Å². The topological polar surface area (TPSA) is 105 Å². The van der Waals surface area contributed by atoms with Crippen molar-refractivity contribution in [3.63, 3.8) is 0 Å². The van der Waals surface area contributed by atoms with Gasteiger partial charge >= 0.3 is 0 Å². The molecule has 0 fully saturated rings. The second-order valence-corrected chi connectivity index (χ2v) is 11.5. The molecule has 5 N–H and O–H groups in total. The van der Waals surface area contributed by atoms with Crippen molar-refractivity contribution in [2.24, 2.45) is 5.14 Å². The summed E-state index contributed by atoms with van der Waals surface area (Å²) in [4.78, 5) is 0.163. The fraction of sp³-hybridized carbons (Fsp3) is 0.333. The second kappa shape index (κ2) is 13.7. The van der Waals surface area contributed by atoms with Crippen molar-refractivity contribution in [3.05, 3.63) is 107 Å². The normalized spacial score (nSPS) is 14.6. The van der Waals surface area contributed by atoms with Gasteiger partial charge in [0.25, 0.3) is 0 Å². The number of nitrogens with one attached hydrogen (secondary N) is 3. The number of fused-ring (bicyclic) bond motifs is 1. The molecular weight excluding hydrogens is 515 g/mol. The van der Waals surface area contributed by atoms with E-state index in [0.717, 1.165) is 68.0 Å². The Morgan fingerprint density at radius 3 is 2.49 bits per heavy atom. The zero-order valence-electron chi connectivity index (χ0n) is 22.1. The predicted molar refractivity (Wildman–Crippen MR) is 153 cm³/mol. The molecule has 1 heterocycles. The molecule has 0 amide bonds. The number of sulfonamides is 1. The van der Waals surface area contributed by atoms with Crippen LogP contribution in [0.4, 0.5) is 10.1 Å². The van der Waals surface area contributed by atoms with Crippen LogP contribution in [0.25, 0.3) is 0 Å². The van der Waals surface area contributed by atoms with Crippen LogP contribution in [0.1, 0.15) is 41.0 Å². The van der Waals surface area contributed by atoms with Crippen LogP contribution in [0.2, 0.25) is 0 Å². The third-order valence-corrected chi connectivity index (χ3v) is 7.74. The Kier molecular flexibility index (Phi) is 10.1. The largest absolute Gasteiger partial charge is 0.387 e. The summed E-state index contributed by atoms with van der Waals surface area (Å²) in [5.41, 5.74) is 6.28. The van der Waals surface area contributed by atoms with Gasteiger partial charge in [0, 0.05) is 36.9 Å². The van der Waals surface area contributed by atoms with E-state index in [1.807, 2.05) is 0 Å². The van der Waals surface area contributed by atoms with Crippen molar-refractivity contribution in [1.82, 2.24) is 10.6 Å². The van der Waals surface area contributed by atoms with Crippen molar-refractivity contribution in [2.75, 3.05) is 31.6 Å². The van der Waals surface area contributed by atoms with Crippen molar-refractivity contribution in [1.29, 1.82) is 0 Å². The first kappa shape index (κ1) is 28.8. The average molecular weight is 553 g/mol. The molecule has 1 aliphatic rings. The number of anilines is 1. The van der Waals surface area contributed by atoms with Gasteiger partial charge in [-0.05, 0) is 78.4 Å². The predicted octanol–water partition coefficient (Wildman–Crippen LogP) is 4.41. The number of benzene rings is 3. The molecule has 1 atom stereocenters. The van der Waals surface area contributed by atoms with Crippen LogP contribution in [0.15, 0.2) is 83.9 Å². The fourth-order valence-electron chi connectivity index (χ4n) is 4.63. The number of ether oxygens (including phenoxy) is 1. The maximum absolute atomic E-state index is 13.0. The van der Waals surface area contributed by atoms with Crippen molar-refractivity contribution in [3.8, 4) is 0 Å². The first-order chi connectivity index (χ1) is 18.8. The van der Waals surface area contributed by atoms with E-state index in [9.17, 15) is 12.8 Å². The van der Waals surface area contributed by atoms with E-state index in [0.29, 0.717) is 13.2 Å². The van der Waals surface area contributed by atoms with Gasteiger partial charge in [0.1, 0.15) is 5.82 Å². The van der Waals surface area contributed by atoms with Gasteiger partial charge in [-0.2, -0.15) is 0 Å². The molecule has 1 unspecified atom stereocenters. The van der Waals surface area contributed by atoms with E-state index >= 15 is 0 Å². The third kappa shape index (κ3) is 8.90. The minimum atomic E-state index is -3.70. The van der Waals surface area contributed by atoms with E-state index in [-0.39, 0.29) is 16.6 Å². The van der Waals surface area contributed by atoms with Crippen LogP contribution in [0, 0.1) is 5.82 Å². The van der Waals surface area contributed by atoms with E-state index in [1.54, 1.807) is 30.3 Å².